The molecule has 3 rings (SSSR count). The zero-order valence-electron chi connectivity index (χ0n) is 14.3. The van der Waals surface area contributed by atoms with Crippen LogP contribution in [0.4, 0.5) is 0 Å². The summed E-state index contributed by atoms with van der Waals surface area (Å²) in [6.07, 6.45) is 1.83. The molecule has 1 fully saturated rings. The molecule has 3 N–H and O–H groups in total. The van der Waals surface area contributed by atoms with Gasteiger partial charge in [0.2, 0.25) is 0 Å². The van der Waals surface area contributed by atoms with Crippen LogP contribution in [-0.2, 0) is 16.8 Å². The van der Waals surface area contributed by atoms with Crippen molar-refractivity contribution in [3.8, 4) is 0 Å². The fourth-order valence-electron chi connectivity index (χ4n) is 3.31. The van der Waals surface area contributed by atoms with Crippen LogP contribution in [0, 0.1) is 5.92 Å². The first-order valence-electron chi connectivity index (χ1n) is 8.17. The summed E-state index contributed by atoms with van der Waals surface area (Å²) in [6.45, 7) is 8.63. The van der Waals surface area contributed by atoms with Crippen LogP contribution in [0.1, 0.15) is 50.2 Å². The lowest BCUT2D eigenvalue weighted by Gasteiger charge is -2.15. The number of carboxylic acid groups (broad SMARTS) is 1. The number of hydrogen-bond acceptors (Lipinski definition) is 5. The van der Waals surface area contributed by atoms with Crippen molar-refractivity contribution in [1.82, 2.24) is 30.5 Å². The third-order valence-corrected chi connectivity index (χ3v) is 4.56. The smallest absolute Gasteiger partial charge is 0.303 e. The maximum absolute atomic E-state index is 11.2. The number of H-pyrrole nitrogens is 2. The standard InChI is InChI=1S/C16H24N6O2/c1-16(2,3)14-5-11(18-20-14)8-22-7-10(4-15(23)24)12(9-22)13-6-17-21-19-13/h5-6,10,12H,4,7-9H2,1-3H3,(H,18,20)(H,23,24)(H,17,19,21)/t10-,12+/m0/s1. The SMILES string of the molecule is CC(C)(C)c1cc(CN2C[C@H](CC(=O)O)[C@H](c3cn[nH]n3)C2)[nH]n1. The van der Waals surface area contributed by atoms with Gasteiger partial charge in [-0.3, -0.25) is 14.8 Å². The first-order chi connectivity index (χ1) is 11.3. The fourth-order valence-corrected chi connectivity index (χ4v) is 3.31. The topological polar surface area (TPSA) is 111 Å². The molecule has 0 radical (unpaired) electrons. The molecule has 3 heterocycles. The number of aliphatic carboxylic acids is 1. The van der Waals surface area contributed by atoms with E-state index in [1.807, 2.05) is 0 Å². The van der Waals surface area contributed by atoms with Crippen LogP contribution >= 0.6 is 0 Å². The molecule has 24 heavy (non-hydrogen) atoms. The van der Waals surface area contributed by atoms with E-state index in [4.69, 9.17) is 0 Å². The van der Waals surface area contributed by atoms with E-state index in [1.165, 1.54) is 0 Å². The van der Waals surface area contributed by atoms with E-state index in [9.17, 15) is 9.90 Å². The first-order valence-corrected chi connectivity index (χ1v) is 8.17. The van der Waals surface area contributed by atoms with Gasteiger partial charge in [0.15, 0.2) is 0 Å². The second-order valence-corrected chi connectivity index (χ2v) is 7.58. The Hall–Kier alpha value is -2.22. The van der Waals surface area contributed by atoms with Gasteiger partial charge in [0, 0.05) is 36.7 Å². The molecule has 0 spiro atoms. The molecule has 1 aliphatic rings. The van der Waals surface area contributed by atoms with Gasteiger partial charge in [-0.2, -0.15) is 20.5 Å². The van der Waals surface area contributed by atoms with E-state index >= 15 is 0 Å². The third kappa shape index (κ3) is 3.64. The van der Waals surface area contributed by atoms with Crippen molar-refractivity contribution in [2.45, 2.75) is 45.1 Å². The molecule has 8 nitrogen and oxygen atoms in total. The molecule has 0 bridgehead atoms. The average molecular weight is 332 g/mol. The van der Waals surface area contributed by atoms with Crippen LogP contribution in [0.15, 0.2) is 12.3 Å². The van der Waals surface area contributed by atoms with Crippen LogP contribution in [-0.4, -0.2) is 54.7 Å². The summed E-state index contributed by atoms with van der Waals surface area (Å²) in [5.74, 6) is -0.644. The Morgan fingerprint density at radius 3 is 2.75 bits per heavy atom. The van der Waals surface area contributed by atoms with Gasteiger partial charge in [-0.15, -0.1) is 0 Å². The van der Waals surface area contributed by atoms with E-state index < -0.39 is 5.97 Å². The number of likely N-dealkylation sites (tertiary alicyclic amines) is 1. The maximum atomic E-state index is 11.2. The van der Waals surface area contributed by atoms with Crippen molar-refractivity contribution >= 4 is 5.97 Å². The van der Waals surface area contributed by atoms with E-state index in [2.05, 4.69) is 57.3 Å². The summed E-state index contributed by atoms with van der Waals surface area (Å²) in [5, 5.41) is 27.3. The summed E-state index contributed by atoms with van der Waals surface area (Å²) in [4.78, 5) is 13.4. The van der Waals surface area contributed by atoms with Gasteiger partial charge in [0.05, 0.1) is 24.0 Å². The number of rotatable bonds is 5. The fraction of sp³-hybridized carbons (Fsp3) is 0.625. The normalized spacial score (nSPS) is 22.1. The van der Waals surface area contributed by atoms with Crippen molar-refractivity contribution in [2.24, 2.45) is 5.92 Å². The average Bonchev–Trinajstić information content (AvgIpc) is 3.17. The second kappa shape index (κ2) is 6.35. The lowest BCUT2D eigenvalue weighted by Crippen LogP contribution is -2.21. The Balaban J connectivity index is 1.71. The monoisotopic (exact) mass is 332 g/mol. The minimum atomic E-state index is -0.771. The summed E-state index contributed by atoms with van der Waals surface area (Å²) in [5.41, 5.74) is 2.93. The Kier molecular flexibility index (Phi) is 4.40. The first kappa shape index (κ1) is 16.6. The molecule has 2 aromatic rings. The molecular weight excluding hydrogens is 308 g/mol. The van der Waals surface area contributed by atoms with Crippen LogP contribution in [0.25, 0.3) is 0 Å². The zero-order valence-corrected chi connectivity index (χ0v) is 14.3. The van der Waals surface area contributed by atoms with E-state index in [0.717, 1.165) is 36.7 Å². The second-order valence-electron chi connectivity index (χ2n) is 7.58. The molecular formula is C16H24N6O2. The number of carbonyl (C=O) groups is 1. The number of carboxylic acids is 1. The lowest BCUT2D eigenvalue weighted by atomic mass is 9.91. The molecule has 8 heteroatoms. The molecule has 0 aliphatic carbocycles. The van der Waals surface area contributed by atoms with Gasteiger partial charge in [-0.05, 0) is 12.0 Å². The van der Waals surface area contributed by atoms with Crippen LogP contribution in [0.5, 0.6) is 0 Å². The van der Waals surface area contributed by atoms with E-state index in [0.29, 0.717) is 0 Å². The highest BCUT2D eigenvalue weighted by Crippen LogP contribution is 2.34. The molecule has 1 aliphatic heterocycles. The molecule has 2 atom stereocenters. The van der Waals surface area contributed by atoms with E-state index in [-0.39, 0.29) is 23.7 Å². The number of nitrogens with one attached hydrogen (secondary N) is 2. The summed E-state index contributed by atoms with van der Waals surface area (Å²) in [6, 6.07) is 2.09. The Morgan fingerprint density at radius 1 is 1.38 bits per heavy atom. The number of hydrogen-bond donors (Lipinski definition) is 3. The number of aromatic amines is 2. The summed E-state index contributed by atoms with van der Waals surface area (Å²) < 4.78 is 0. The van der Waals surface area contributed by atoms with Gasteiger partial charge in [0.1, 0.15) is 0 Å². The van der Waals surface area contributed by atoms with Gasteiger partial charge in [-0.25, -0.2) is 0 Å². The quantitative estimate of drug-likeness (QED) is 0.765. The van der Waals surface area contributed by atoms with Crippen LogP contribution in [0.2, 0.25) is 0 Å². The summed E-state index contributed by atoms with van der Waals surface area (Å²) >= 11 is 0. The highest BCUT2D eigenvalue weighted by Gasteiger charge is 2.36. The Morgan fingerprint density at radius 2 is 2.17 bits per heavy atom. The van der Waals surface area contributed by atoms with Gasteiger partial charge in [-0.1, -0.05) is 20.8 Å². The third-order valence-electron chi connectivity index (χ3n) is 4.56. The van der Waals surface area contributed by atoms with Crippen molar-refractivity contribution in [3.05, 3.63) is 29.3 Å². The van der Waals surface area contributed by atoms with Gasteiger partial charge in [0.25, 0.3) is 0 Å². The van der Waals surface area contributed by atoms with Crippen molar-refractivity contribution in [1.29, 1.82) is 0 Å². The van der Waals surface area contributed by atoms with Crippen molar-refractivity contribution in [3.63, 3.8) is 0 Å². The zero-order chi connectivity index (χ0) is 17.3. The summed E-state index contributed by atoms with van der Waals surface area (Å²) in [7, 11) is 0. The minimum Gasteiger partial charge on any atom is -0.481 e. The van der Waals surface area contributed by atoms with Crippen molar-refractivity contribution < 1.29 is 9.90 Å². The molecule has 130 valence electrons. The van der Waals surface area contributed by atoms with Crippen molar-refractivity contribution in [2.75, 3.05) is 13.1 Å². The molecule has 0 unspecified atom stereocenters. The lowest BCUT2D eigenvalue weighted by molar-refractivity contribution is -0.138. The van der Waals surface area contributed by atoms with Gasteiger partial charge < -0.3 is 5.11 Å². The Labute approximate surface area is 140 Å². The molecule has 0 saturated carbocycles. The van der Waals surface area contributed by atoms with Gasteiger partial charge >= 0.3 is 5.97 Å². The maximum Gasteiger partial charge on any atom is 0.303 e. The van der Waals surface area contributed by atoms with E-state index in [1.54, 1.807) is 6.20 Å². The highest BCUT2D eigenvalue weighted by atomic mass is 16.4. The minimum absolute atomic E-state index is 0.00878. The Bertz CT molecular complexity index is 688. The van der Waals surface area contributed by atoms with Crippen LogP contribution < -0.4 is 0 Å². The molecule has 1 saturated heterocycles. The highest BCUT2D eigenvalue weighted by molar-refractivity contribution is 5.67. The van der Waals surface area contributed by atoms with Crippen LogP contribution in [0.3, 0.4) is 0 Å². The predicted octanol–water partition coefficient (Wildman–Crippen LogP) is 1.52. The number of aromatic nitrogens is 5. The predicted molar refractivity (Wildman–Crippen MR) is 87.4 cm³/mol. The molecule has 0 amide bonds. The number of nitrogens with zero attached hydrogens (tertiary/aromatic N) is 4. The molecule has 0 aromatic carbocycles. The largest absolute Gasteiger partial charge is 0.481 e. The molecule has 2 aromatic heterocycles.